The topological polar surface area (TPSA) is 109 Å². The van der Waals surface area contributed by atoms with Crippen LogP contribution in [0.3, 0.4) is 0 Å². The number of carbonyl (C=O) groups excluding carboxylic acids is 1. The highest BCUT2D eigenvalue weighted by atomic mass is 16.5. The van der Waals surface area contributed by atoms with Crippen molar-refractivity contribution in [3.63, 3.8) is 0 Å². The van der Waals surface area contributed by atoms with E-state index in [2.05, 4.69) is 15.4 Å². The lowest BCUT2D eigenvalue weighted by Gasteiger charge is -2.10. The van der Waals surface area contributed by atoms with Crippen molar-refractivity contribution in [2.24, 2.45) is 0 Å². The van der Waals surface area contributed by atoms with Gasteiger partial charge in [0.2, 0.25) is 11.8 Å². The Morgan fingerprint density at radius 2 is 2.08 bits per heavy atom. The van der Waals surface area contributed by atoms with Crippen LogP contribution in [0.5, 0.6) is 5.88 Å². The number of nitrogens with one attached hydrogen (secondary N) is 2. The van der Waals surface area contributed by atoms with E-state index in [1.807, 2.05) is 38.1 Å². The van der Waals surface area contributed by atoms with Crippen molar-refractivity contribution in [3.05, 3.63) is 24.3 Å². The third-order valence-electron chi connectivity index (χ3n) is 3.41. The number of hydrogen-bond acceptors (Lipinski definition) is 4. The average molecular weight is 330 g/mol. The van der Waals surface area contributed by atoms with E-state index in [4.69, 9.17) is 9.84 Å². The van der Waals surface area contributed by atoms with E-state index in [1.165, 1.54) is 0 Å². The molecule has 3 aromatic rings. The van der Waals surface area contributed by atoms with Crippen LogP contribution in [-0.2, 0) is 9.59 Å². The number of hydrogen-bond donors (Lipinski definition) is 3. The number of benzene rings is 1. The molecule has 0 saturated carbocycles. The van der Waals surface area contributed by atoms with Crippen molar-refractivity contribution in [2.45, 2.75) is 32.8 Å². The van der Waals surface area contributed by atoms with Crippen LogP contribution in [0.1, 0.15) is 26.7 Å². The van der Waals surface area contributed by atoms with E-state index >= 15 is 0 Å². The Bertz CT molecular complexity index is 909. The first-order chi connectivity index (χ1) is 11.5. The molecule has 0 fully saturated rings. The highest BCUT2D eigenvalue weighted by Crippen LogP contribution is 2.32. The zero-order chi connectivity index (χ0) is 17.3. The largest absolute Gasteiger partial charge is 0.481 e. The number of anilines is 1. The zero-order valence-corrected chi connectivity index (χ0v) is 13.4. The molecule has 8 nitrogen and oxygen atoms in total. The molecule has 0 spiro atoms. The summed E-state index contributed by atoms with van der Waals surface area (Å²) >= 11 is 0. The maximum Gasteiger partial charge on any atom is 0.303 e. The van der Waals surface area contributed by atoms with Crippen LogP contribution in [0.4, 0.5) is 5.69 Å². The number of aliphatic carboxylic acids is 1. The summed E-state index contributed by atoms with van der Waals surface area (Å²) in [5.41, 5.74) is 2.57. The van der Waals surface area contributed by atoms with Gasteiger partial charge in [0.25, 0.3) is 0 Å². The maximum absolute atomic E-state index is 12.0. The number of fused-ring (bicyclic) bond motifs is 3. The van der Waals surface area contributed by atoms with Crippen LogP contribution in [0.25, 0.3) is 16.7 Å². The van der Waals surface area contributed by atoms with Crippen molar-refractivity contribution in [1.82, 2.24) is 14.6 Å². The van der Waals surface area contributed by atoms with Crippen molar-refractivity contribution < 1.29 is 19.4 Å². The molecule has 1 amide bonds. The lowest BCUT2D eigenvalue weighted by Crippen LogP contribution is -2.15. The Hall–Kier alpha value is -3.03. The molecule has 2 heterocycles. The first kappa shape index (κ1) is 15.9. The highest BCUT2D eigenvalue weighted by molar-refractivity contribution is 5.99. The summed E-state index contributed by atoms with van der Waals surface area (Å²) in [5, 5.41) is 14.5. The number of carbonyl (C=O) groups is 2. The van der Waals surface area contributed by atoms with Crippen molar-refractivity contribution >= 4 is 34.2 Å². The van der Waals surface area contributed by atoms with E-state index in [0.29, 0.717) is 17.2 Å². The van der Waals surface area contributed by atoms with Gasteiger partial charge in [-0.05, 0) is 26.0 Å². The molecule has 0 unspecified atom stereocenters. The van der Waals surface area contributed by atoms with Crippen molar-refractivity contribution in [3.8, 4) is 5.88 Å². The number of para-hydroxylation sites is 2. The summed E-state index contributed by atoms with van der Waals surface area (Å²) in [5.74, 6) is -1.03. The second-order valence-corrected chi connectivity index (χ2v) is 5.68. The average Bonchev–Trinajstić information content (AvgIpc) is 3.02. The van der Waals surface area contributed by atoms with Crippen LogP contribution < -0.4 is 10.1 Å². The number of nitrogens with zero attached hydrogens (tertiary/aromatic N) is 2. The van der Waals surface area contributed by atoms with Gasteiger partial charge < -0.3 is 15.2 Å². The molecule has 1 aromatic carbocycles. The molecule has 126 valence electrons. The smallest absolute Gasteiger partial charge is 0.303 e. The van der Waals surface area contributed by atoms with E-state index in [-0.39, 0.29) is 18.9 Å². The predicted molar refractivity (Wildman–Crippen MR) is 88.3 cm³/mol. The van der Waals surface area contributed by atoms with Gasteiger partial charge in [-0.1, -0.05) is 12.1 Å². The number of carboxylic acid groups (broad SMARTS) is 1. The minimum atomic E-state index is -1.02. The van der Waals surface area contributed by atoms with E-state index in [9.17, 15) is 9.59 Å². The van der Waals surface area contributed by atoms with E-state index in [1.54, 1.807) is 4.52 Å². The fourth-order valence-electron chi connectivity index (χ4n) is 2.42. The highest BCUT2D eigenvalue weighted by Gasteiger charge is 2.20. The number of H-pyrrole nitrogens is 1. The second kappa shape index (κ2) is 6.23. The molecule has 0 aliphatic rings. The predicted octanol–water partition coefficient (Wildman–Crippen LogP) is 2.41. The molecule has 0 radical (unpaired) electrons. The van der Waals surface area contributed by atoms with Gasteiger partial charge in [0, 0.05) is 6.42 Å². The number of rotatable bonds is 6. The third kappa shape index (κ3) is 3.03. The number of ether oxygens (including phenoxy) is 1. The summed E-state index contributed by atoms with van der Waals surface area (Å²) in [6, 6.07) is 7.55. The van der Waals surface area contributed by atoms with Crippen LogP contribution >= 0.6 is 0 Å². The molecule has 0 atom stereocenters. The lowest BCUT2D eigenvalue weighted by atomic mass is 10.3. The number of aromatic amines is 1. The Balaban J connectivity index is 2.01. The molecule has 3 rings (SSSR count). The molecule has 2 aromatic heterocycles. The SMILES string of the molecule is CC(C)Oc1[nH]n2c(nc3ccccc32)c1NC(=O)CCC(=O)O. The van der Waals surface area contributed by atoms with Gasteiger partial charge in [0.1, 0.15) is 5.69 Å². The molecule has 0 aliphatic carbocycles. The second-order valence-electron chi connectivity index (χ2n) is 5.68. The van der Waals surface area contributed by atoms with Crippen LogP contribution in [0.2, 0.25) is 0 Å². The van der Waals surface area contributed by atoms with Gasteiger partial charge in [0.15, 0.2) is 5.65 Å². The molecule has 0 aliphatic heterocycles. The maximum atomic E-state index is 12.0. The lowest BCUT2D eigenvalue weighted by molar-refractivity contribution is -0.138. The Labute approximate surface area is 137 Å². The summed E-state index contributed by atoms with van der Waals surface area (Å²) in [6.07, 6.45) is -0.452. The van der Waals surface area contributed by atoms with Gasteiger partial charge in [0.05, 0.1) is 23.6 Å². The zero-order valence-electron chi connectivity index (χ0n) is 13.4. The number of amides is 1. The summed E-state index contributed by atoms with van der Waals surface area (Å²) < 4.78 is 7.45. The fourth-order valence-corrected chi connectivity index (χ4v) is 2.42. The molecule has 24 heavy (non-hydrogen) atoms. The van der Waals surface area contributed by atoms with Gasteiger partial charge in [-0.25, -0.2) is 9.50 Å². The molecular formula is C16H18N4O4. The van der Waals surface area contributed by atoms with Crippen LogP contribution in [0.15, 0.2) is 24.3 Å². The first-order valence-electron chi connectivity index (χ1n) is 7.63. The molecule has 0 bridgehead atoms. The van der Waals surface area contributed by atoms with E-state index < -0.39 is 11.9 Å². The van der Waals surface area contributed by atoms with Gasteiger partial charge >= 0.3 is 5.97 Å². The summed E-state index contributed by atoms with van der Waals surface area (Å²) in [6.45, 7) is 3.75. The quantitative estimate of drug-likeness (QED) is 0.643. The Morgan fingerprint density at radius 1 is 1.33 bits per heavy atom. The standard InChI is InChI=1S/C16H18N4O4/c1-9(2)24-16-14(18-12(21)7-8-13(22)23)15-17-10-5-3-4-6-11(10)20(15)19-16/h3-6,9,19H,7-8H2,1-2H3,(H,18,21)(H,22,23). The fraction of sp³-hybridized carbons (Fsp3) is 0.312. The van der Waals surface area contributed by atoms with Crippen molar-refractivity contribution in [1.29, 1.82) is 0 Å². The van der Waals surface area contributed by atoms with Gasteiger partial charge in [-0.15, -0.1) is 0 Å². The number of imidazole rings is 1. The minimum absolute atomic E-state index is 0.103. The molecular weight excluding hydrogens is 312 g/mol. The van der Waals surface area contributed by atoms with Gasteiger partial charge in [-0.2, -0.15) is 0 Å². The van der Waals surface area contributed by atoms with Crippen LogP contribution in [0, 0.1) is 0 Å². The number of carboxylic acids is 1. The molecule has 3 N–H and O–H groups in total. The summed E-state index contributed by atoms with van der Waals surface area (Å²) in [4.78, 5) is 27.2. The monoisotopic (exact) mass is 330 g/mol. The third-order valence-corrected chi connectivity index (χ3v) is 3.41. The number of aromatic nitrogens is 3. The Morgan fingerprint density at radius 3 is 2.79 bits per heavy atom. The minimum Gasteiger partial charge on any atom is -0.481 e. The van der Waals surface area contributed by atoms with Crippen molar-refractivity contribution in [2.75, 3.05) is 5.32 Å². The van der Waals surface area contributed by atoms with Gasteiger partial charge in [-0.3, -0.25) is 14.7 Å². The van der Waals surface area contributed by atoms with Crippen LogP contribution in [-0.4, -0.2) is 37.7 Å². The Kier molecular flexibility index (Phi) is 4.11. The van der Waals surface area contributed by atoms with E-state index in [0.717, 1.165) is 11.0 Å². The normalized spacial score (nSPS) is 11.3. The summed E-state index contributed by atoms with van der Waals surface area (Å²) in [7, 11) is 0. The first-order valence-corrected chi connectivity index (χ1v) is 7.63. The molecule has 8 heteroatoms. The molecule has 0 saturated heterocycles.